The molecule has 2 aromatic carbocycles. The first-order valence-corrected chi connectivity index (χ1v) is 11.8. The third-order valence-corrected chi connectivity index (χ3v) is 5.85. The molecule has 3 aromatic rings. The summed E-state index contributed by atoms with van der Waals surface area (Å²) in [5, 5.41) is 7.80. The minimum atomic E-state index is -0.832. The molecule has 0 unspecified atom stereocenters. The third kappa shape index (κ3) is 8.08. The number of methoxy groups -OCH3 is 1. The monoisotopic (exact) mass is 493 g/mol. The first-order chi connectivity index (χ1) is 16.8. The predicted molar refractivity (Wildman–Crippen MR) is 135 cm³/mol. The van der Waals surface area contributed by atoms with E-state index in [1.807, 2.05) is 43.3 Å². The lowest BCUT2D eigenvalue weighted by Crippen LogP contribution is -2.38. The Kier molecular flexibility index (Phi) is 9.14. The van der Waals surface area contributed by atoms with Crippen molar-refractivity contribution in [3.05, 3.63) is 81.8 Å². The van der Waals surface area contributed by atoms with Crippen LogP contribution in [0.15, 0.2) is 60.0 Å². The summed E-state index contributed by atoms with van der Waals surface area (Å²) in [5.41, 5.74) is 3.10. The van der Waals surface area contributed by atoms with E-state index in [0.717, 1.165) is 22.6 Å². The van der Waals surface area contributed by atoms with Crippen LogP contribution >= 0.6 is 11.3 Å². The number of nitrogens with zero attached hydrogens (tertiary/aromatic N) is 1. The second-order valence-electron chi connectivity index (χ2n) is 7.72. The summed E-state index contributed by atoms with van der Waals surface area (Å²) >= 11 is 1.32. The number of para-hydroxylation sites is 1. The van der Waals surface area contributed by atoms with E-state index in [4.69, 9.17) is 9.47 Å². The van der Waals surface area contributed by atoms with E-state index in [2.05, 4.69) is 15.6 Å². The Morgan fingerprint density at radius 2 is 1.86 bits per heavy atom. The molecule has 0 spiro atoms. The highest BCUT2D eigenvalue weighted by atomic mass is 32.1. The van der Waals surface area contributed by atoms with Gasteiger partial charge in [-0.3, -0.25) is 9.59 Å². The first-order valence-electron chi connectivity index (χ1n) is 10.9. The van der Waals surface area contributed by atoms with E-state index in [0.29, 0.717) is 10.7 Å². The number of anilines is 1. The summed E-state index contributed by atoms with van der Waals surface area (Å²) in [7, 11) is 1.58. The van der Waals surface area contributed by atoms with Gasteiger partial charge in [-0.15, -0.1) is 11.3 Å². The van der Waals surface area contributed by atoms with Gasteiger partial charge in [0.25, 0.3) is 0 Å². The Hall–Kier alpha value is -3.98. The van der Waals surface area contributed by atoms with Gasteiger partial charge < -0.3 is 20.1 Å². The topological polar surface area (TPSA) is 107 Å². The Bertz CT molecular complexity index is 1200. The van der Waals surface area contributed by atoms with Crippen molar-refractivity contribution in [2.24, 2.45) is 0 Å². The number of esters is 1. The molecular formula is C26H27N3O5S. The highest BCUT2D eigenvalue weighted by Gasteiger charge is 2.17. The number of hydrogen-bond acceptors (Lipinski definition) is 7. The van der Waals surface area contributed by atoms with Crippen molar-refractivity contribution in [2.45, 2.75) is 32.9 Å². The molecule has 182 valence electrons. The number of rotatable bonds is 10. The smallest absolute Gasteiger partial charge is 0.328 e. The first kappa shape index (κ1) is 25.6. The van der Waals surface area contributed by atoms with Crippen molar-refractivity contribution in [3.8, 4) is 5.75 Å². The van der Waals surface area contributed by atoms with Gasteiger partial charge in [-0.1, -0.05) is 30.3 Å². The van der Waals surface area contributed by atoms with Crippen LogP contribution in [0.25, 0.3) is 6.08 Å². The molecule has 0 saturated heterocycles. The lowest BCUT2D eigenvalue weighted by atomic mass is 10.2. The van der Waals surface area contributed by atoms with Crippen LogP contribution in [0.5, 0.6) is 5.75 Å². The second kappa shape index (κ2) is 12.5. The van der Waals surface area contributed by atoms with E-state index in [-0.39, 0.29) is 18.9 Å². The summed E-state index contributed by atoms with van der Waals surface area (Å²) in [5.74, 6) is -0.444. The summed E-state index contributed by atoms with van der Waals surface area (Å²) in [6.45, 7) is 3.42. The van der Waals surface area contributed by atoms with Crippen LogP contribution in [0.1, 0.15) is 28.8 Å². The SMILES string of the molecule is COc1ccc(/C=C/C(=O)N[C@H](C)C(=O)OCc2csc(CC(=O)Nc3ccccc3C)n2)cc1. The quantitative estimate of drug-likeness (QED) is 0.328. The summed E-state index contributed by atoms with van der Waals surface area (Å²) in [6, 6.07) is 13.9. The highest BCUT2D eigenvalue weighted by molar-refractivity contribution is 7.09. The summed E-state index contributed by atoms with van der Waals surface area (Å²) < 4.78 is 10.4. The molecule has 0 aliphatic heterocycles. The maximum atomic E-state index is 12.3. The van der Waals surface area contributed by atoms with Gasteiger partial charge in [-0.2, -0.15) is 0 Å². The average molecular weight is 494 g/mol. The van der Waals surface area contributed by atoms with Crippen molar-refractivity contribution in [2.75, 3.05) is 12.4 Å². The summed E-state index contributed by atoms with van der Waals surface area (Å²) in [4.78, 5) is 41.0. The Labute approximate surface area is 208 Å². The largest absolute Gasteiger partial charge is 0.497 e. The molecule has 0 fully saturated rings. The number of aromatic nitrogens is 1. The fourth-order valence-electron chi connectivity index (χ4n) is 3.02. The molecule has 3 rings (SSSR count). The van der Waals surface area contributed by atoms with Gasteiger partial charge in [0.1, 0.15) is 23.4 Å². The number of carbonyl (C=O) groups excluding carboxylic acids is 3. The Balaban J connectivity index is 1.42. The fraction of sp³-hybridized carbons (Fsp3) is 0.231. The zero-order valence-electron chi connectivity index (χ0n) is 19.7. The van der Waals surface area contributed by atoms with E-state index in [9.17, 15) is 14.4 Å². The van der Waals surface area contributed by atoms with Crippen molar-refractivity contribution in [3.63, 3.8) is 0 Å². The zero-order valence-corrected chi connectivity index (χ0v) is 20.6. The molecule has 9 heteroatoms. The van der Waals surface area contributed by atoms with Crippen molar-refractivity contribution in [1.29, 1.82) is 0 Å². The number of nitrogens with one attached hydrogen (secondary N) is 2. The molecule has 0 saturated carbocycles. The predicted octanol–water partition coefficient (Wildman–Crippen LogP) is 3.90. The second-order valence-corrected chi connectivity index (χ2v) is 8.66. The summed E-state index contributed by atoms with van der Waals surface area (Å²) in [6.07, 6.45) is 3.11. The maximum absolute atomic E-state index is 12.3. The van der Waals surface area contributed by atoms with Crippen molar-refractivity contribution in [1.82, 2.24) is 10.3 Å². The van der Waals surface area contributed by atoms with Gasteiger partial charge in [0.2, 0.25) is 11.8 Å². The molecule has 8 nitrogen and oxygen atoms in total. The number of thiazole rings is 1. The third-order valence-electron chi connectivity index (χ3n) is 4.95. The average Bonchev–Trinajstić information content (AvgIpc) is 3.30. The fourth-order valence-corrected chi connectivity index (χ4v) is 3.80. The number of ether oxygens (including phenoxy) is 2. The number of carbonyl (C=O) groups is 3. The molecular weight excluding hydrogens is 466 g/mol. The Morgan fingerprint density at radius 1 is 1.11 bits per heavy atom. The van der Waals surface area contributed by atoms with Gasteiger partial charge >= 0.3 is 5.97 Å². The van der Waals surface area contributed by atoms with Crippen LogP contribution in [0.4, 0.5) is 5.69 Å². The van der Waals surface area contributed by atoms with Crippen LogP contribution in [0.2, 0.25) is 0 Å². The highest BCUT2D eigenvalue weighted by Crippen LogP contribution is 2.16. The van der Waals surface area contributed by atoms with Gasteiger partial charge in [-0.05, 0) is 49.2 Å². The minimum Gasteiger partial charge on any atom is -0.497 e. The maximum Gasteiger partial charge on any atom is 0.328 e. The molecule has 0 aliphatic rings. The van der Waals surface area contributed by atoms with E-state index in [1.165, 1.54) is 17.4 Å². The van der Waals surface area contributed by atoms with Gasteiger partial charge in [0.05, 0.1) is 19.2 Å². The van der Waals surface area contributed by atoms with E-state index >= 15 is 0 Å². The number of amides is 2. The minimum absolute atomic E-state index is 0.0450. The number of hydrogen-bond donors (Lipinski definition) is 2. The molecule has 2 N–H and O–H groups in total. The van der Waals surface area contributed by atoms with Crippen LogP contribution in [-0.4, -0.2) is 35.9 Å². The molecule has 0 radical (unpaired) electrons. The molecule has 2 amide bonds. The van der Waals surface area contributed by atoms with E-state index in [1.54, 1.807) is 37.6 Å². The molecule has 0 bridgehead atoms. The van der Waals surface area contributed by atoms with Gasteiger partial charge in [0.15, 0.2) is 0 Å². The number of aryl methyl sites for hydroxylation is 1. The van der Waals surface area contributed by atoms with Crippen LogP contribution in [0, 0.1) is 6.92 Å². The van der Waals surface area contributed by atoms with Gasteiger partial charge in [-0.25, -0.2) is 9.78 Å². The lowest BCUT2D eigenvalue weighted by Gasteiger charge is -2.11. The molecule has 1 aromatic heterocycles. The van der Waals surface area contributed by atoms with Crippen molar-refractivity contribution >= 4 is 40.9 Å². The zero-order chi connectivity index (χ0) is 25.2. The van der Waals surface area contributed by atoms with Gasteiger partial charge in [0, 0.05) is 17.1 Å². The molecule has 0 aliphatic carbocycles. The lowest BCUT2D eigenvalue weighted by molar-refractivity contribution is -0.148. The van der Waals surface area contributed by atoms with Crippen molar-refractivity contribution < 1.29 is 23.9 Å². The van der Waals surface area contributed by atoms with E-state index < -0.39 is 17.9 Å². The van der Waals surface area contributed by atoms with Crippen LogP contribution in [-0.2, 0) is 32.1 Å². The van der Waals surface area contributed by atoms with Crippen LogP contribution in [0.3, 0.4) is 0 Å². The normalized spacial score (nSPS) is 11.6. The molecule has 1 heterocycles. The molecule has 35 heavy (non-hydrogen) atoms. The number of benzene rings is 2. The standard InChI is InChI=1S/C26H27N3O5S/c1-17-6-4-5-7-22(17)29-24(31)14-25-28-20(16-35-25)15-34-26(32)18(2)27-23(30)13-10-19-8-11-21(33-3)12-9-19/h4-13,16,18H,14-15H2,1-3H3,(H,27,30)(H,29,31)/b13-10+/t18-/m1/s1. The Morgan fingerprint density at radius 3 is 2.57 bits per heavy atom. The van der Waals surface area contributed by atoms with Crippen LogP contribution < -0.4 is 15.4 Å². The molecule has 1 atom stereocenters.